The fourth-order valence-electron chi connectivity index (χ4n) is 3.42. The van der Waals surface area contributed by atoms with E-state index in [-0.39, 0.29) is 5.56 Å². The molecule has 0 bridgehead atoms. The Balaban J connectivity index is 1.19. The van der Waals surface area contributed by atoms with Gasteiger partial charge in [0, 0.05) is 17.5 Å². The number of hydrogen-bond acceptors (Lipinski definition) is 5. The summed E-state index contributed by atoms with van der Waals surface area (Å²) in [6.45, 7) is 4.77. The molecule has 2 heterocycles. The normalized spacial score (nSPS) is 11.2. The van der Waals surface area contributed by atoms with Gasteiger partial charge in [-0.1, -0.05) is 12.1 Å². The number of aromatic amines is 1. The van der Waals surface area contributed by atoms with Gasteiger partial charge in [-0.3, -0.25) is 4.79 Å². The number of benzene rings is 2. The molecular formula is C24H26N2O4. The predicted octanol–water partition coefficient (Wildman–Crippen LogP) is 4.62. The number of unbranched alkanes of at least 4 members (excludes halogenated alkanes) is 1. The summed E-state index contributed by atoms with van der Waals surface area (Å²) in [6.07, 6.45) is 1.93. The smallest absolute Gasteiger partial charge is 0.248 e. The molecular weight excluding hydrogens is 380 g/mol. The largest absolute Gasteiger partial charge is 0.494 e. The summed E-state index contributed by atoms with van der Waals surface area (Å²) in [4.78, 5) is 14.3. The molecule has 0 atom stereocenters. The zero-order valence-electron chi connectivity index (χ0n) is 17.1. The first-order valence-corrected chi connectivity index (χ1v) is 10.3. The van der Waals surface area contributed by atoms with Crippen LogP contribution in [0.2, 0.25) is 0 Å². The van der Waals surface area contributed by atoms with Crippen LogP contribution in [0.25, 0.3) is 21.9 Å². The van der Waals surface area contributed by atoms with Crippen molar-refractivity contribution in [1.82, 2.24) is 10.3 Å². The molecule has 0 aliphatic rings. The van der Waals surface area contributed by atoms with Gasteiger partial charge in [-0.2, -0.15) is 0 Å². The zero-order valence-corrected chi connectivity index (χ0v) is 17.1. The van der Waals surface area contributed by atoms with E-state index in [1.807, 2.05) is 49.4 Å². The minimum absolute atomic E-state index is 0.107. The van der Waals surface area contributed by atoms with Crippen molar-refractivity contribution >= 4 is 21.9 Å². The van der Waals surface area contributed by atoms with E-state index in [1.165, 1.54) is 6.07 Å². The second-order valence-corrected chi connectivity index (χ2v) is 7.12. The van der Waals surface area contributed by atoms with Gasteiger partial charge in [-0.25, -0.2) is 0 Å². The van der Waals surface area contributed by atoms with Crippen LogP contribution < -0.4 is 20.3 Å². The van der Waals surface area contributed by atoms with Gasteiger partial charge in [-0.15, -0.1) is 0 Å². The number of ether oxygens (including phenoxy) is 2. The summed E-state index contributed by atoms with van der Waals surface area (Å²) in [5, 5.41) is 5.46. The standard InChI is InChI=1S/C24H26N2O4/c1-2-28-22-7-5-6-18-14-20(30-24(18)22)16-25-12-3-4-13-29-19-10-8-17-9-11-23(27)26-21(17)15-19/h5-11,14-15,25H,2-4,12-13,16H2,1H3,(H,26,27). The lowest BCUT2D eigenvalue weighted by molar-refractivity contribution is 0.305. The van der Waals surface area contributed by atoms with Crippen LogP contribution >= 0.6 is 0 Å². The second-order valence-electron chi connectivity index (χ2n) is 7.12. The van der Waals surface area contributed by atoms with Crippen molar-refractivity contribution in [3.8, 4) is 11.5 Å². The fourth-order valence-corrected chi connectivity index (χ4v) is 3.42. The number of fused-ring (bicyclic) bond motifs is 2. The molecule has 0 unspecified atom stereocenters. The van der Waals surface area contributed by atoms with Crippen molar-refractivity contribution in [3.05, 3.63) is 70.7 Å². The summed E-state index contributed by atoms with van der Waals surface area (Å²) in [5.41, 5.74) is 1.49. The van der Waals surface area contributed by atoms with E-state index in [2.05, 4.69) is 16.4 Å². The van der Waals surface area contributed by atoms with Gasteiger partial charge in [0.2, 0.25) is 5.56 Å². The fraction of sp³-hybridized carbons (Fsp3) is 0.292. The van der Waals surface area contributed by atoms with Gasteiger partial charge >= 0.3 is 0 Å². The molecule has 6 nitrogen and oxygen atoms in total. The van der Waals surface area contributed by atoms with Crippen LogP contribution in [-0.4, -0.2) is 24.7 Å². The Morgan fingerprint density at radius 1 is 1.00 bits per heavy atom. The Morgan fingerprint density at radius 2 is 1.90 bits per heavy atom. The topological polar surface area (TPSA) is 76.5 Å². The third-order valence-electron chi connectivity index (χ3n) is 4.87. The monoisotopic (exact) mass is 406 g/mol. The summed E-state index contributed by atoms with van der Waals surface area (Å²) < 4.78 is 17.4. The SMILES string of the molecule is CCOc1cccc2cc(CNCCCCOc3ccc4ccc(=O)[nH]c4c3)oc12. The van der Waals surface area contributed by atoms with Crippen LogP contribution in [0.4, 0.5) is 0 Å². The molecule has 0 saturated heterocycles. The molecule has 2 aromatic heterocycles. The van der Waals surface area contributed by atoms with Crippen molar-refractivity contribution in [2.24, 2.45) is 0 Å². The van der Waals surface area contributed by atoms with Crippen LogP contribution in [0.1, 0.15) is 25.5 Å². The minimum Gasteiger partial charge on any atom is -0.494 e. The highest BCUT2D eigenvalue weighted by molar-refractivity contribution is 5.83. The van der Waals surface area contributed by atoms with Crippen LogP contribution in [-0.2, 0) is 6.54 Å². The van der Waals surface area contributed by atoms with Crippen LogP contribution in [0.5, 0.6) is 11.5 Å². The molecule has 0 amide bonds. The van der Waals surface area contributed by atoms with Crippen LogP contribution in [0, 0.1) is 0 Å². The highest BCUT2D eigenvalue weighted by Gasteiger charge is 2.08. The maximum Gasteiger partial charge on any atom is 0.248 e. The molecule has 0 radical (unpaired) electrons. The highest BCUT2D eigenvalue weighted by Crippen LogP contribution is 2.28. The molecule has 0 aliphatic heterocycles. The van der Waals surface area contributed by atoms with E-state index in [9.17, 15) is 4.79 Å². The van der Waals surface area contributed by atoms with E-state index < -0.39 is 0 Å². The molecule has 156 valence electrons. The molecule has 0 spiro atoms. The van der Waals surface area contributed by atoms with Gasteiger partial charge in [-0.05, 0) is 62.0 Å². The lowest BCUT2D eigenvalue weighted by Crippen LogP contribution is -2.15. The van der Waals surface area contributed by atoms with E-state index in [1.54, 1.807) is 0 Å². The molecule has 30 heavy (non-hydrogen) atoms. The van der Waals surface area contributed by atoms with Gasteiger partial charge in [0.25, 0.3) is 0 Å². The number of nitrogens with one attached hydrogen (secondary N) is 2. The lowest BCUT2D eigenvalue weighted by atomic mass is 10.2. The summed E-state index contributed by atoms with van der Waals surface area (Å²) >= 11 is 0. The molecule has 0 aliphatic carbocycles. The summed E-state index contributed by atoms with van der Waals surface area (Å²) in [6, 6.07) is 17.1. The highest BCUT2D eigenvalue weighted by atomic mass is 16.5. The third kappa shape index (κ3) is 4.83. The predicted molar refractivity (Wildman–Crippen MR) is 118 cm³/mol. The van der Waals surface area contributed by atoms with Crippen molar-refractivity contribution in [2.75, 3.05) is 19.8 Å². The lowest BCUT2D eigenvalue weighted by Gasteiger charge is -2.07. The van der Waals surface area contributed by atoms with Gasteiger partial charge in [0.05, 0.1) is 25.3 Å². The van der Waals surface area contributed by atoms with Gasteiger partial charge in [0.15, 0.2) is 11.3 Å². The summed E-state index contributed by atoms with van der Waals surface area (Å²) in [7, 11) is 0. The van der Waals surface area contributed by atoms with Crippen molar-refractivity contribution in [3.63, 3.8) is 0 Å². The molecule has 4 rings (SSSR count). The molecule has 6 heteroatoms. The quantitative estimate of drug-likeness (QED) is 0.376. The average molecular weight is 406 g/mol. The number of aromatic nitrogens is 1. The first-order valence-electron chi connectivity index (χ1n) is 10.3. The van der Waals surface area contributed by atoms with Crippen LogP contribution in [0.15, 0.2) is 63.8 Å². The third-order valence-corrected chi connectivity index (χ3v) is 4.87. The van der Waals surface area contributed by atoms with Crippen molar-refractivity contribution in [2.45, 2.75) is 26.3 Å². The number of para-hydroxylation sites is 1. The molecule has 2 N–H and O–H groups in total. The zero-order chi connectivity index (χ0) is 20.8. The Labute approximate surface area is 174 Å². The van der Waals surface area contributed by atoms with Crippen molar-refractivity contribution < 1.29 is 13.9 Å². The average Bonchev–Trinajstić information content (AvgIpc) is 3.17. The summed E-state index contributed by atoms with van der Waals surface area (Å²) in [5.74, 6) is 2.46. The maximum atomic E-state index is 11.4. The van der Waals surface area contributed by atoms with Crippen LogP contribution in [0.3, 0.4) is 0 Å². The minimum atomic E-state index is -0.107. The maximum absolute atomic E-state index is 11.4. The number of H-pyrrole nitrogens is 1. The van der Waals surface area contributed by atoms with Crippen molar-refractivity contribution in [1.29, 1.82) is 0 Å². The van der Waals surface area contributed by atoms with Gasteiger partial charge in [0.1, 0.15) is 11.5 Å². The number of hydrogen-bond donors (Lipinski definition) is 2. The Kier molecular flexibility index (Phi) is 6.35. The second kappa shape index (κ2) is 9.50. The Bertz CT molecular complexity index is 1180. The first kappa shape index (κ1) is 20.0. The number of rotatable bonds is 10. The molecule has 0 fully saturated rings. The molecule has 2 aromatic carbocycles. The van der Waals surface area contributed by atoms with E-state index in [4.69, 9.17) is 13.9 Å². The Morgan fingerprint density at radius 3 is 2.80 bits per heavy atom. The first-order chi connectivity index (χ1) is 14.7. The number of furan rings is 1. The Hall–Kier alpha value is -3.25. The van der Waals surface area contributed by atoms with E-state index >= 15 is 0 Å². The molecule has 4 aromatic rings. The van der Waals surface area contributed by atoms with E-state index in [0.29, 0.717) is 19.8 Å². The number of pyridine rings is 1. The van der Waals surface area contributed by atoms with Gasteiger partial charge < -0.3 is 24.2 Å². The molecule has 0 saturated carbocycles. The van der Waals surface area contributed by atoms with E-state index in [0.717, 1.165) is 58.5 Å².